The fraction of sp³-hybridized carbons (Fsp3) is 0.364. The number of anilines is 2. The summed E-state index contributed by atoms with van der Waals surface area (Å²) in [5.74, 6) is -0.306. The van der Waals surface area contributed by atoms with Crippen molar-refractivity contribution in [1.82, 2.24) is 5.43 Å². The number of nitrogens with zero attached hydrogens (tertiary/aromatic N) is 3. The van der Waals surface area contributed by atoms with Gasteiger partial charge in [0.2, 0.25) is 0 Å². The number of amides is 1. The van der Waals surface area contributed by atoms with Crippen molar-refractivity contribution in [2.24, 2.45) is 5.10 Å². The number of rotatable bonds is 11. The van der Waals surface area contributed by atoms with Crippen LogP contribution < -0.4 is 15.6 Å². The molecule has 0 bridgehead atoms. The summed E-state index contributed by atoms with van der Waals surface area (Å²) >= 11 is 0. The van der Waals surface area contributed by atoms with Gasteiger partial charge in [0.15, 0.2) is 0 Å². The van der Waals surface area contributed by atoms with Crippen LogP contribution in [0.5, 0.6) is 0 Å². The van der Waals surface area contributed by atoms with Crippen molar-refractivity contribution in [3.63, 3.8) is 0 Å². The van der Waals surface area contributed by atoms with E-state index in [4.69, 9.17) is 0 Å². The monoisotopic (exact) mass is 411 g/mol. The van der Waals surface area contributed by atoms with E-state index in [1.54, 1.807) is 6.07 Å². The van der Waals surface area contributed by atoms with Crippen LogP contribution >= 0.6 is 0 Å². The Hall–Kier alpha value is -3.42. The van der Waals surface area contributed by atoms with Crippen LogP contribution in [0.25, 0.3) is 0 Å². The van der Waals surface area contributed by atoms with Crippen LogP contribution in [0.4, 0.5) is 17.1 Å². The van der Waals surface area contributed by atoms with Crippen LogP contribution in [-0.2, 0) is 4.79 Å². The Balaban J connectivity index is 2.09. The van der Waals surface area contributed by atoms with E-state index in [9.17, 15) is 14.9 Å². The third-order valence-electron chi connectivity index (χ3n) is 4.70. The van der Waals surface area contributed by atoms with Crippen LogP contribution in [0.15, 0.2) is 47.6 Å². The molecule has 0 fully saturated rings. The van der Waals surface area contributed by atoms with Gasteiger partial charge in [0, 0.05) is 42.2 Å². The van der Waals surface area contributed by atoms with E-state index in [2.05, 4.69) is 27.7 Å². The maximum atomic E-state index is 12.1. The summed E-state index contributed by atoms with van der Waals surface area (Å²) in [6.07, 6.45) is 3.53. The summed E-state index contributed by atoms with van der Waals surface area (Å²) in [7, 11) is 0. The first-order chi connectivity index (χ1) is 14.5. The summed E-state index contributed by atoms with van der Waals surface area (Å²) in [5, 5.41) is 18.3. The zero-order valence-electron chi connectivity index (χ0n) is 17.7. The molecule has 0 aromatic heterocycles. The maximum absolute atomic E-state index is 12.1. The zero-order chi connectivity index (χ0) is 21.9. The van der Waals surface area contributed by atoms with Gasteiger partial charge in [0.05, 0.1) is 17.7 Å². The Labute approximate surface area is 177 Å². The molecule has 0 aliphatic heterocycles. The van der Waals surface area contributed by atoms with Gasteiger partial charge in [-0.2, -0.15) is 5.10 Å². The Morgan fingerprint density at radius 1 is 1.23 bits per heavy atom. The number of nitrogens with one attached hydrogen (secondary N) is 2. The summed E-state index contributed by atoms with van der Waals surface area (Å²) in [4.78, 5) is 25.0. The Morgan fingerprint density at radius 2 is 2.00 bits per heavy atom. The highest BCUT2D eigenvalue weighted by Gasteiger charge is 2.14. The van der Waals surface area contributed by atoms with Gasteiger partial charge in [-0.3, -0.25) is 14.9 Å². The molecule has 0 spiro atoms. The molecule has 2 aromatic rings. The number of hydrazone groups is 1. The molecule has 0 unspecified atom stereocenters. The van der Waals surface area contributed by atoms with Gasteiger partial charge < -0.3 is 10.2 Å². The lowest BCUT2D eigenvalue weighted by Crippen LogP contribution is -2.27. The minimum absolute atomic E-state index is 0.0145. The van der Waals surface area contributed by atoms with Crippen molar-refractivity contribution in [2.75, 3.05) is 29.9 Å². The first kappa shape index (κ1) is 22.9. The third-order valence-corrected chi connectivity index (χ3v) is 4.70. The number of unbranched alkanes of at least 4 members (excludes halogenated alkanes) is 1. The number of hydrogen-bond acceptors (Lipinski definition) is 6. The lowest BCUT2D eigenvalue weighted by atomic mass is 10.1. The second kappa shape index (κ2) is 11.5. The first-order valence-corrected chi connectivity index (χ1v) is 10.1. The van der Waals surface area contributed by atoms with Gasteiger partial charge in [-0.25, -0.2) is 5.43 Å². The predicted molar refractivity (Wildman–Crippen MR) is 121 cm³/mol. The van der Waals surface area contributed by atoms with Crippen LogP contribution in [0.2, 0.25) is 0 Å². The highest BCUT2D eigenvalue weighted by atomic mass is 16.6. The molecule has 8 nitrogen and oxygen atoms in total. The second-order valence-electron chi connectivity index (χ2n) is 6.90. The van der Waals surface area contributed by atoms with Gasteiger partial charge in [-0.1, -0.05) is 31.5 Å². The number of carbonyl (C=O) groups excluding carboxylic acids is 1. The largest absolute Gasteiger partial charge is 0.376 e. The molecule has 8 heteroatoms. The predicted octanol–water partition coefficient (Wildman–Crippen LogP) is 4.09. The number of aryl methyl sites for hydroxylation is 1. The Bertz CT molecular complexity index is 898. The van der Waals surface area contributed by atoms with Crippen LogP contribution in [0.3, 0.4) is 0 Å². The van der Waals surface area contributed by atoms with Crippen molar-refractivity contribution < 1.29 is 9.72 Å². The van der Waals surface area contributed by atoms with E-state index < -0.39 is 4.92 Å². The fourth-order valence-electron chi connectivity index (χ4n) is 3.00. The molecule has 160 valence electrons. The van der Waals surface area contributed by atoms with E-state index in [-0.39, 0.29) is 18.1 Å². The topological polar surface area (TPSA) is 99.9 Å². The van der Waals surface area contributed by atoms with Gasteiger partial charge >= 0.3 is 0 Å². The molecular weight excluding hydrogens is 382 g/mol. The number of benzene rings is 2. The van der Waals surface area contributed by atoms with Gasteiger partial charge in [0.25, 0.3) is 11.6 Å². The molecule has 0 aliphatic rings. The molecule has 2 N–H and O–H groups in total. The third kappa shape index (κ3) is 6.58. The highest BCUT2D eigenvalue weighted by molar-refractivity contribution is 5.90. The molecule has 0 heterocycles. The Kier molecular flexibility index (Phi) is 8.80. The van der Waals surface area contributed by atoms with Crippen molar-refractivity contribution in [3.8, 4) is 0 Å². The van der Waals surface area contributed by atoms with Crippen LogP contribution in [0, 0.1) is 17.0 Å². The molecule has 2 rings (SSSR count). The molecular formula is C22H29N5O3. The highest BCUT2D eigenvalue weighted by Crippen LogP contribution is 2.24. The molecule has 0 radical (unpaired) electrons. The normalized spacial score (nSPS) is 10.8. The molecule has 0 saturated heterocycles. The first-order valence-electron chi connectivity index (χ1n) is 10.1. The number of hydrogen-bond donors (Lipinski definition) is 2. The van der Waals surface area contributed by atoms with E-state index in [1.165, 1.54) is 18.3 Å². The molecule has 30 heavy (non-hydrogen) atoms. The zero-order valence-corrected chi connectivity index (χ0v) is 17.7. The maximum Gasteiger partial charge on any atom is 0.270 e. The van der Waals surface area contributed by atoms with Crippen LogP contribution in [0.1, 0.15) is 37.8 Å². The SMILES string of the molecule is CCCCN(CC)c1ccc([N+](=O)[O-])cc1/C=N/NC(=O)CNc1ccccc1C. The molecule has 1 amide bonds. The molecule has 2 aromatic carbocycles. The summed E-state index contributed by atoms with van der Waals surface area (Å²) in [6, 6.07) is 12.4. The average molecular weight is 412 g/mol. The fourth-order valence-corrected chi connectivity index (χ4v) is 3.00. The van der Waals surface area contributed by atoms with Crippen LogP contribution in [-0.4, -0.2) is 36.7 Å². The van der Waals surface area contributed by atoms with Crippen molar-refractivity contribution in [3.05, 3.63) is 63.7 Å². The number of non-ortho nitro benzene ring substituents is 1. The van der Waals surface area contributed by atoms with Gasteiger partial charge in [-0.15, -0.1) is 0 Å². The quantitative estimate of drug-likeness (QED) is 0.329. The minimum Gasteiger partial charge on any atom is -0.376 e. The average Bonchev–Trinajstić information content (AvgIpc) is 2.74. The number of nitro benzene ring substituents is 1. The van der Waals surface area contributed by atoms with E-state index in [0.717, 1.165) is 42.9 Å². The van der Waals surface area contributed by atoms with E-state index in [1.807, 2.05) is 38.1 Å². The van der Waals surface area contributed by atoms with Crippen molar-refractivity contribution in [1.29, 1.82) is 0 Å². The van der Waals surface area contributed by atoms with Gasteiger partial charge in [0.1, 0.15) is 0 Å². The van der Waals surface area contributed by atoms with Crippen molar-refractivity contribution >= 4 is 29.2 Å². The summed E-state index contributed by atoms with van der Waals surface area (Å²) in [6.45, 7) is 7.80. The standard InChI is InChI=1S/C22H29N5O3/c1-4-6-13-26(5-2)21-12-11-19(27(29)30)14-18(21)15-24-25-22(28)16-23-20-10-8-7-9-17(20)3/h7-12,14-15,23H,4-6,13,16H2,1-3H3,(H,25,28)/b24-15+. The second-order valence-corrected chi connectivity index (χ2v) is 6.90. The summed E-state index contributed by atoms with van der Waals surface area (Å²) < 4.78 is 0. The van der Waals surface area contributed by atoms with Gasteiger partial charge in [-0.05, 0) is 38.0 Å². The lowest BCUT2D eigenvalue weighted by molar-refractivity contribution is -0.384. The minimum atomic E-state index is -0.436. The molecule has 0 atom stereocenters. The number of nitro groups is 1. The smallest absolute Gasteiger partial charge is 0.270 e. The van der Waals surface area contributed by atoms with Crippen molar-refractivity contribution in [2.45, 2.75) is 33.6 Å². The van der Waals surface area contributed by atoms with E-state index >= 15 is 0 Å². The summed E-state index contributed by atoms with van der Waals surface area (Å²) in [5.41, 5.74) is 5.83. The molecule has 0 aliphatic carbocycles. The Morgan fingerprint density at radius 3 is 2.67 bits per heavy atom. The number of para-hydroxylation sites is 1. The van der Waals surface area contributed by atoms with E-state index in [0.29, 0.717) is 5.56 Å². The molecule has 0 saturated carbocycles. The number of carbonyl (C=O) groups is 1. The lowest BCUT2D eigenvalue weighted by Gasteiger charge is -2.24.